The number of aromatic nitrogens is 1. The molecule has 0 saturated carbocycles. The molecule has 0 radical (unpaired) electrons. The summed E-state index contributed by atoms with van der Waals surface area (Å²) in [6, 6.07) is 5.31. The van der Waals surface area contributed by atoms with Gasteiger partial charge in [-0.3, -0.25) is 4.79 Å². The van der Waals surface area contributed by atoms with E-state index in [1.807, 2.05) is 32.9 Å². The van der Waals surface area contributed by atoms with Crippen LogP contribution in [0, 0.1) is 11.3 Å². The van der Waals surface area contributed by atoms with Gasteiger partial charge in [0.05, 0.1) is 0 Å². The van der Waals surface area contributed by atoms with Gasteiger partial charge in [0.1, 0.15) is 11.6 Å². The lowest BCUT2D eigenvalue weighted by molar-refractivity contribution is 0.503. The molecule has 4 heteroatoms. The first-order valence-corrected chi connectivity index (χ1v) is 5.26. The number of nitriles is 1. The number of nitrogens with zero attached hydrogens (tertiary/aromatic N) is 2. The van der Waals surface area contributed by atoms with Crippen LogP contribution in [-0.2, 0) is 12.0 Å². The van der Waals surface area contributed by atoms with Crippen LogP contribution in [0.15, 0.2) is 16.9 Å². The van der Waals surface area contributed by atoms with Gasteiger partial charge in [-0.15, -0.1) is 0 Å². The van der Waals surface area contributed by atoms with Crippen molar-refractivity contribution in [1.82, 2.24) is 4.57 Å². The fourth-order valence-corrected chi connectivity index (χ4v) is 1.67. The van der Waals surface area contributed by atoms with Gasteiger partial charge < -0.3 is 10.3 Å². The van der Waals surface area contributed by atoms with Crippen molar-refractivity contribution in [2.75, 3.05) is 6.54 Å². The van der Waals surface area contributed by atoms with Gasteiger partial charge in [-0.1, -0.05) is 20.8 Å². The molecule has 0 fully saturated rings. The molecule has 1 heterocycles. The van der Waals surface area contributed by atoms with Crippen molar-refractivity contribution in [3.05, 3.63) is 33.7 Å². The molecule has 0 aromatic carbocycles. The average Bonchev–Trinajstić information content (AvgIpc) is 2.19. The minimum atomic E-state index is -0.250. The monoisotopic (exact) mass is 219 g/mol. The summed E-state index contributed by atoms with van der Waals surface area (Å²) < 4.78 is 1.60. The molecule has 0 amide bonds. The van der Waals surface area contributed by atoms with Crippen LogP contribution in [0.2, 0.25) is 0 Å². The molecule has 1 rings (SSSR count). The van der Waals surface area contributed by atoms with E-state index in [-0.39, 0.29) is 16.5 Å². The molecule has 0 aliphatic rings. The average molecular weight is 219 g/mol. The number of hydrogen-bond acceptors (Lipinski definition) is 3. The van der Waals surface area contributed by atoms with Crippen LogP contribution in [0.4, 0.5) is 0 Å². The van der Waals surface area contributed by atoms with Crippen molar-refractivity contribution in [3.63, 3.8) is 0 Å². The van der Waals surface area contributed by atoms with Crippen LogP contribution in [0.5, 0.6) is 0 Å². The minimum Gasteiger partial charge on any atom is -0.329 e. The summed E-state index contributed by atoms with van der Waals surface area (Å²) in [6.07, 6.45) is 0. The van der Waals surface area contributed by atoms with Crippen LogP contribution < -0.4 is 11.3 Å². The molecule has 0 bridgehead atoms. The molecule has 4 nitrogen and oxygen atoms in total. The summed E-state index contributed by atoms with van der Waals surface area (Å²) in [6.45, 7) is 6.92. The highest BCUT2D eigenvalue weighted by Gasteiger charge is 2.19. The summed E-state index contributed by atoms with van der Waals surface area (Å²) in [7, 11) is 0. The summed E-state index contributed by atoms with van der Waals surface area (Å²) >= 11 is 0. The minimum absolute atomic E-state index is 0.137. The SMILES string of the molecule is CC(C)(C)c1ccc(C#N)c(=O)n1CCN. The summed E-state index contributed by atoms with van der Waals surface area (Å²) in [5, 5.41) is 8.81. The van der Waals surface area contributed by atoms with Gasteiger partial charge in [-0.05, 0) is 12.1 Å². The summed E-state index contributed by atoms with van der Waals surface area (Å²) in [4.78, 5) is 11.9. The van der Waals surface area contributed by atoms with Gasteiger partial charge in [-0.2, -0.15) is 5.26 Å². The molecule has 1 aromatic heterocycles. The van der Waals surface area contributed by atoms with E-state index >= 15 is 0 Å². The molecule has 2 N–H and O–H groups in total. The van der Waals surface area contributed by atoms with Crippen molar-refractivity contribution in [2.45, 2.75) is 32.7 Å². The zero-order chi connectivity index (χ0) is 12.3. The van der Waals surface area contributed by atoms with Crippen molar-refractivity contribution >= 4 is 0 Å². The van der Waals surface area contributed by atoms with E-state index in [0.717, 1.165) is 5.69 Å². The third-order valence-electron chi connectivity index (χ3n) is 2.42. The highest BCUT2D eigenvalue weighted by atomic mass is 16.1. The Kier molecular flexibility index (Phi) is 3.51. The smallest absolute Gasteiger partial charge is 0.268 e. The summed E-state index contributed by atoms with van der Waals surface area (Å²) in [5.41, 5.74) is 6.18. The van der Waals surface area contributed by atoms with Gasteiger partial charge in [0, 0.05) is 24.2 Å². The lowest BCUT2D eigenvalue weighted by Gasteiger charge is -2.24. The van der Waals surface area contributed by atoms with Gasteiger partial charge in [-0.25, -0.2) is 0 Å². The van der Waals surface area contributed by atoms with Crippen LogP contribution in [-0.4, -0.2) is 11.1 Å². The van der Waals surface area contributed by atoms with Gasteiger partial charge in [0.2, 0.25) is 0 Å². The number of pyridine rings is 1. The highest BCUT2D eigenvalue weighted by molar-refractivity contribution is 5.29. The van der Waals surface area contributed by atoms with Crippen molar-refractivity contribution in [1.29, 1.82) is 5.26 Å². The maximum absolute atomic E-state index is 11.9. The van der Waals surface area contributed by atoms with E-state index in [1.54, 1.807) is 10.6 Å². The van der Waals surface area contributed by atoms with E-state index in [1.165, 1.54) is 0 Å². The first-order valence-electron chi connectivity index (χ1n) is 5.26. The Hall–Kier alpha value is -1.60. The molecule has 0 spiro atoms. The van der Waals surface area contributed by atoms with E-state index in [9.17, 15) is 4.79 Å². The topological polar surface area (TPSA) is 71.8 Å². The van der Waals surface area contributed by atoms with Crippen molar-refractivity contribution in [3.8, 4) is 6.07 Å². The molecule has 0 saturated heterocycles. The lowest BCUT2D eigenvalue weighted by Crippen LogP contribution is -2.33. The molecule has 86 valence electrons. The molecule has 0 unspecified atom stereocenters. The summed E-state index contributed by atoms with van der Waals surface area (Å²) in [5.74, 6) is 0. The largest absolute Gasteiger partial charge is 0.329 e. The molecular formula is C12H17N3O. The van der Waals surface area contributed by atoms with E-state index < -0.39 is 0 Å². The molecule has 1 aromatic rings. The Bertz CT molecular complexity index is 475. The third kappa shape index (κ3) is 2.31. The first-order chi connectivity index (χ1) is 7.41. The van der Waals surface area contributed by atoms with Crippen molar-refractivity contribution in [2.24, 2.45) is 5.73 Å². The molecular weight excluding hydrogens is 202 g/mol. The van der Waals surface area contributed by atoms with Crippen LogP contribution >= 0.6 is 0 Å². The Morgan fingerprint density at radius 3 is 2.50 bits per heavy atom. The maximum Gasteiger partial charge on any atom is 0.268 e. The maximum atomic E-state index is 11.9. The zero-order valence-corrected chi connectivity index (χ0v) is 9.95. The third-order valence-corrected chi connectivity index (χ3v) is 2.42. The second kappa shape index (κ2) is 4.50. The molecule has 0 atom stereocenters. The predicted molar refractivity (Wildman–Crippen MR) is 63.2 cm³/mol. The Morgan fingerprint density at radius 1 is 1.44 bits per heavy atom. The van der Waals surface area contributed by atoms with Crippen LogP contribution in [0.25, 0.3) is 0 Å². The second-order valence-electron chi connectivity index (χ2n) is 4.74. The Morgan fingerprint density at radius 2 is 2.06 bits per heavy atom. The Labute approximate surface area is 95.3 Å². The van der Waals surface area contributed by atoms with E-state index in [4.69, 9.17) is 11.0 Å². The predicted octanol–water partition coefficient (Wildman–Crippen LogP) is 0.976. The lowest BCUT2D eigenvalue weighted by atomic mass is 9.91. The highest BCUT2D eigenvalue weighted by Crippen LogP contribution is 2.20. The molecule has 0 aliphatic carbocycles. The van der Waals surface area contributed by atoms with E-state index in [0.29, 0.717) is 13.1 Å². The first kappa shape index (κ1) is 12.5. The number of rotatable bonds is 2. The van der Waals surface area contributed by atoms with E-state index in [2.05, 4.69) is 0 Å². The standard InChI is InChI=1S/C12H17N3O/c1-12(2,3)10-5-4-9(8-14)11(16)15(10)7-6-13/h4-5H,6-7,13H2,1-3H3. The normalized spacial score (nSPS) is 11.2. The fraction of sp³-hybridized carbons (Fsp3) is 0.500. The van der Waals surface area contributed by atoms with Gasteiger partial charge in [0.15, 0.2) is 0 Å². The van der Waals surface area contributed by atoms with Gasteiger partial charge in [0.25, 0.3) is 5.56 Å². The number of nitrogens with two attached hydrogens (primary N) is 1. The van der Waals surface area contributed by atoms with Gasteiger partial charge >= 0.3 is 0 Å². The van der Waals surface area contributed by atoms with Crippen LogP contribution in [0.3, 0.4) is 0 Å². The Balaban J connectivity index is 3.49. The fourth-order valence-electron chi connectivity index (χ4n) is 1.67. The number of hydrogen-bond donors (Lipinski definition) is 1. The molecule has 16 heavy (non-hydrogen) atoms. The zero-order valence-electron chi connectivity index (χ0n) is 9.95. The molecule has 0 aliphatic heterocycles. The second-order valence-corrected chi connectivity index (χ2v) is 4.74. The quantitative estimate of drug-likeness (QED) is 0.805. The van der Waals surface area contributed by atoms with Crippen LogP contribution in [0.1, 0.15) is 32.0 Å². The van der Waals surface area contributed by atoms with Crippen molar-refractivity contribution < 1.29 is 0 Å².